The zero-order valence-corrected chi connectivity index (χ0v) is 10.8. The number of aliphatic hydroxyl groups is 2. The van der Waals surface area contributed by atoms with Gasteiger partial charge in [-0.1, -0.05) is 45.2 Å². The maximum atomic E-state index is 9.87. The van der Waals surface area contributed by atoms with Crippen LogP contribution in [0.15, 0.2) is 18.2 Å². The van der Waals surface area contributed by atoms with E-state index in [0.717, 1.165) is 5.56 Å². The molecule has 4 heteroatoms. The maximum Gasteiger partial charge on any atom is 0.106 e. The predicted molar refractivity (Wildman–Crippen MR) is 65.6 cm³/mol. The van der Waals surface area contributed by atoms with Gasteiger partial charge in [0, 0.05) is 15.9 Å². The van der Waals surface area contributed by atoms with E-state index in [9.17, 15) is 10.2 Å². The topological polar surface area (TPSA) is 40.5 Å². The van der Waals surface area contributed by atoms with E-state index in [1.165, 1.54) is 0 Å². The fourth-order valence-electron chi connectivity index (χ4n) is 1.37. The lowest BCUT2D eigenvalue weighted by molar-refractivity contribution is 0.0174. The van der Waals surface area contributed by atoms with Crippen molar-refractivity contribution in [1.82, 2.24) is 0 Å². The van der Waals surface area contributed by atoms with Crippen molar-refractivity contribution < 1.29 is 10.2 Å². The minimum Gasteiger partial charge on any atom is -0.390 e. The van der Waals surface area contributed by atoms with Crippen molar-refractivity contribution in [3.8, 4) is 0 Å². The van der Waals surface area contributed by atoms with Crippen LogP contribution < -0.4 is 0 Å². The van der Waals surface area contributed by atoms with Crippen molar-refractivity contribution in [3.05, 3.63) is 34.3 Å². The molecule has 2 unspecified atom stereocenters. The van der Waals surface area contributed by atoms with Crippen molar-refractivity contribution >= 4 is 27.5 Å². The average molecular weight is 294 g/mol. The molecule has 1 rings (SSSR count). The second kappa shape index (κ2) is 5.85. The molecule has 84 valence electrons. The second-order valence-corrected chi connectivity index (χ2v) is 4.72. The minimum atomic E-state index is -0.921. The molecular weight excluding hydrogens is 279 g/mol. The minimum absolute atomic E-state index is 0.488. The third-order valence-electron chi connectivity index (χ3n) is 2.24. The van der Waals surface area contributed by atoms with Crippen molar-refractivity contribution in [3.63, 3.8) is 0 Å². The van der Waals surface area contributed by atoms with E-state index in [0.29, 0.717) is 22.3 Å². The monoisotopic (exact) mass is 292 g/mol. The first-order valence-electron chi connectivity index (χ1n) is 4.74. The summed E-state index contributed by atoms with van der Waals surface area (Å²) in [7, 11) is 0. The Morgan fingerprint density at radius 3 is 2.67 bits per heavy atom. The van der Waals surface area contributed by atoms with E-state index >= 15 is 0 Å². The highest BCUT2D eigenvalue weighted by atomic mass is 79.9. The third kappa shape index (κ3) is 3.45. The van der Waals surface area contributed by atoms with Gasteiger partial charge >= 0.3 is 0 Å². The molecule has 0 aromatic heterocycles. The van der Waals surface area contributed by atoms with Crippen molar-refractivity contribution in [2.45, 2.75) is 25.6 Å². The summed E-state index contributed by atoms with van der Waals surface area (Å²) in [5.41, 5.74) is 1.60. The van der Waals surface area contributed by atoms with Gasteiger partial charge in [-0.25, -0.2) is 0 Å². The average Bonchev–Trinajstić information content (AvgIpc) is 2.21. The predicted octanol–water partition coefficient (Wildman–Crippen LogP) is 2.83. The summed E-state index contributed by atoms with van der Waals surface area (Å²) >= 11 is 9.17. The number of alkyl halides is 1. The number of aryl methyl sites for hydroxylation is 1. The van der Waals surface area contributed by atoms with Crippen LogP contribution in [0.3, 0.4) is 0 Å². The lowest BCUT2D eigenvalue weighted by Crippen LogP contribution is -2.19. The highest BCUT2D eigenvalue weighted by Crippen LogP contribution is 2.27. The van der Waals surface area contributed by atoms with Gasteiger partial charge in [0.15, 0.2) is 0 Å². The lowest BCUT2D eigenvalue weighted by atomic mass is 10.0. The Hall–Kier alpha value is -0.0900. The number of rotatable bonds is 4. The SMILES string of the molecule is Cc1ccc(Cl)c(C(O)C(O)CCBr)c1. The highest BCUT2D eigenvalue weighted by Gasteiger charge is 2.20. The van der Waals surface area contributed by atoms with Gasteiger partial charge in [-0.2, -0.15) is 0 Å². The molecule has 0 amide bonds. The Morgan fingerprint density at radius 2 is 2.07 bits per heavy atom. The van der Waals surface area contributed by atoms with Gasteiger partial charge in [0.2, 0.25) is 0 Å². The first kappa shape index (κ1) is 13.0. The fourth-order valence-corrected chi connectivity index (χ4v) is 2.07. The van der Waals surface area contributed by atoms with Gasteiger partial charge in [-0.05, 0) is 19.4 Å². The molecule has 0 saturated carbocycles. The standard InChI is InChI=1S/C11H14BrClO2/c1-7-2-3-9(13)8(6-7)11(15)10(14)4-5-12/h2-3,6,10-11,14-15H,4-5H2,1H3. The highest BCUT2D eigenvalue weighted by molar-refractivity contribution is 9.09. The molecule has 0 radical (unpaired) electrons. The van der Waals surface area contributed by atoms with E-state index in [4.69, 9.17) is 11.6 Å². The van der Waals surface area contributed by atoms with Crippen LogP contribution in [0.4, 0.5) is 0 Å². The van der Waals surface area contributed by atoms with Crippen molar-refractivity contribution in [1.29, 1.82) is 0 Å². The van der Waals surface area contributed by atoms with Crippen LogP contribution >= 0.6 is 27.5 Å². The van der Waals surface area contributed by atoms with Gasteiger partial charge < -0.3 is 10.2 Å². The lowest BCUT2D eigenvalue weighted by Gasteiger charge is -2.18. The van der Waals surface area contributed by atoms with Gasteiger partial charge in [0.25, 0.3) is 0 Å². The molecule has 0 fully saturated rings. The van der Waals surface area contributed by atoms with E-state index < -0.39 is 12.2 Å². The first-order valence-corrected chi connectivity index (χ1v) is 6.24. The molecule has 1 aromatic rings. The molecule has 1 aromatic carbocycles. The van der Waals surface area contributed by atoms with Gasteiger partial charge in [0.05, 0.1) is 6.10 Å². The molecule has 0 bridgehead atoms. The summed E-state index contributed by atoms with van der Waals surface area (Å²) in [6, 6.07) is 5.40. The Balaban J connectivity index is 2.89. The molecule has 2 atom stereocenters. The number of hydrogen-bond donors (Lipinski definition) is 2. The zero-order chi connectivity index (χ0) is 11.4. The van der Waals surface area contributed by atoms with Crippen LogP contribution in [0.2, 0.25) is 5.02 Å². The third-order valence-corrected chi connectivity index (χ3v) is 3.04. The summed E-state index contributed by atoms with van der Waals surface area (Å²) in [5, 5.41) is 20.7. The van der Waals surface area contributed by atoms with Crippen LogP contribution in [-0.2, 0) is 0 Å². The molecule has 0 spiro atoms. The van der Waals surface area contributed by atoms with Crippen LogP contribution in [0.25, 0.3) is 0 Å². The molecule has 0 aliphatic heterocycles. The Morgan fingerprint density at radius 1 is 1.40 bits per heavy atom. The number of hydrogen-bond acceptors (Lipinski definition) is 2. The molecule has 0 aliphatic carbocycles. The summed E-state index contributed by atoms with van der Waals surface area (Å²) in [6.45, 7) is 1.92. The fraction of sp³-hybridized carbons (Fsp3) is 0.455. The van der Waals surface area contributed by atoms with E-state index in [1.54, 1.807) is 12.1 Å². The molecule has 0 aliphatic rings. The first-order chi connectivity index (χ1) is 7.06. The van der Waals surface area contributed by atoms with Crippen molar-refractivity contribution in [2.75, 3.05) is 5.33 Å². The summed E-state index contributed by atoms with van der Waals surface area (Å²) in [5.74, 6) is 0. The number of halogens is 2. The molecule has 2 N–H and O–H groups in total. The summed E-state index contributed by atoms with van der Waals surface area (Å²) in [4.78, 5) is 0. The van der Waals surface area contributed by atoms with Crippen molar-refractivity contribution in [2.24, 2.45) is 0 Å². The normalized spacial score (nSPS) is 15.0. The largest absolute Gasteiger partial charge is 0.390 e. The quantitative estimate of drug-likeness (QED) is 0.838. The van der Waals surface area contributed by atoms with Gasteiger partial charge in [-0.15, -0.1) is 0 Å². The van der Waals surface area contributed by atoms with Crippen LogP contribution in [0.5, 0.6) is 0 Å². The Labute approximate surface area is 103 Å². The van der Waals surface area contributed by atoms with Crippen LogP contribution in [-0.4, -0.2) is 21.6 Å². The second-order valence-electron chi connectivity index (χ2n) is 3.51. The summed E-state index contributed by atoms with van der Waals surface area (Å²) in [6.07, 6.45) is -1.22. The Kier molecular flexibility index (Phi) is 5.06. The van der Waals surface area contributed by atoms with Crippen LogP contribution in [0.1, 0.15) is 23.7 Å². The number of benzene rings is 1. The smallest absolute Gasteiger partial charge is 0.106 e. The van der Waals surface area contributed by atoms with Gasteiger partial charge in [-0.3, -0.25) is 0 Å². The molecular formula is C11H14BrClO2. The van der Waals surface area contributed by atoms with Crippen LogP contribution in [0, 0.1) is 6.92 Å². The Bertz CT molecular complexity index is 330. The molecule has 0 saturated heterocycles. The van der Waals surface area contributed by atoms with E-state index in [1.807, 2.05) is 13.0 Å². The zero-order valence-electron chi connectivity index (χ0n) is 8.45. The van der Waals surface area contributed by atoms with Gasteiger partial charge in [0.1, 0.15) is 6.10 Å². The molecule has 0 heterocycles. The maximum absolute atomic E-state index is 9.87. The molecule has 15 heavy (non-hydrogen) atoms. The molecule has 2 nitrogen and oxygen atoms in total. The van der Waals surface area contributed by atoms with E-state index in [-0.39, 0.29) is 0 Å². The van der Waals surface area contributed by atoms with E-state index in [2.05, 4.69) is 15.9 Å². The number of aliphatic hydroxyl groups excluding tert-OH is 2. The summed E-state index contributed by atoms with van der Waals surface area (Å²) < 4.78 is 0.